The number of nitrogens with zero attached hydrogens (tertiary/aromatic N) is 2. The van der Waals surface area contributed by atoms with Crippen LogP contribution in [0, 0.1) is 0 Å². The van der Waals surface area contributed by atoms with Crippen molar-refractivity contribution in [3.63, 3.8) is 0 Å². The predicted octanol–water partition coefficient (Wildman–Crippen LogP) is 2.54. The molecule has 0 radical (unpaired) electrons. The molecule has 0 saturated carbocycles. The highest BCUT2D eigenvalue weighted by Crippen LogP contribution is 2.21. The van der Waals surface area contributed by atoms with Gasteiger partial charge < -0.3 is 14.6 Å². The van der Waals surface area contributed by atoms with Gasteiger partial charge in [0.15, 0.2) is 0 Å². The second-order valence-electron chi connectivity index (χ2n) is 6.18. The quantitative estimate of drug-likeness (QED) is 0.367. The van der Waals surface area contributed by atoms with E-state index in [0.717, 1.165) is 16.0 Å². The van der Waals surface area contributed by atoms with E-state index in [4.69, 9.17) is 9.57 Å². The van der Waals surface area contributed by atoms with Gasteiger partial charge in [-0.1, -0.05) is 24.3 Å². The number of benzene rings is 1. The van der Waals surface area contributed by atoms with E-state index in [-0.39, 0.29) is 11.8 Å². The van der Waals surface area contributed by atoms with Crippen molar-refractivity contribution in [2.45, 2.75) is 19.0 Å². The average Bonchev–Trinajstić information content (AvgIpc) is 3.12. The number of hydrogen-bond acceptors (Lipinski definition) is 4. The predicted molar refractivity (Wildman–Crippen MR) is 109 cm³/mol. The van der Waals surface area contributed by atoms with Crippen LogP contribution in [0.1, 0.15) is 16.8 Å². The van der Waals surface area contributed by atoms with Gasteiger partial charge in [-0.3, -0.25) is 14.4 Å². The van der Waals surface area contributed by atoms with E-state index in [0.29, 0.717) is 31.7 Å². The van der Waals surface area contributed by atoms with Crippen LogP contribution >= 0.6 is 0 Å². The number of nitrogens with one attached hydrogen (secondary N) is 1. The number of amides is 2. The Bertz CT molecular complexity index is 843. The number of hydroxylamine groups is 2. The maximum atomic E-state index is 13.0. The molecule has 1 aromatic carbocycles. The zero-order valence-electron chi connectivity index (χ0n) is 16.4. The lowest BCUT2D eigenvalue weighted by molar-refractivity contribution is -0.170. The first-order chi connectivity index (χ1) is 13.5. The third-order valence-corrected chi connectivity index (χ3v) is 4.34. The first-order valence-electron chi connectivity index (χ1n) is 9.03. The Hall–Kier alpha value is -2.90. The van der Waals surface area contributed by atoms with Crippen LogP contribution in [0.15, 0.2) is 55.8 Å². The molecule has 0 unspecified atom stereocenters. The third-order valence-electron chi connectivity index (χ3n) is 4.34. The van der Waals surface area contributed by atoms with Crippen LogP contribution < -0.4 is 5.32 Å². The van der Waals surface area contributed by atoms with E-state index in [1.165, 1.54) is 14.2 Å². The van der Waals surface area contributed by atoms with Gasteiger partial charge in [0.1, 0.15) is 6.04 Å². The van der Waals surface area contributed by atoms with Crippen LogP contribution in [-0.2, 0) is 20.9 Å². The van der Waals surface area contributed by atoms with Crippen LogP contribution in [0.4, 0.5) is 0 Å². The Labute approximate surface area is 165 Å². The van der Waals surface area contributed by atoms with Gasteiger partial charge in [-0.2, -0.15) is 0 Å². The van der Waals surface area contributed by atoms with Gasteiger partial charge in [-0.25, -0.2) is 5.06 Å². The van der Waals surface area contributed by atoms with Crippen molar-refractivity contribution in [1.29, 1.82) is 0 Å². The van der Waals surface area contributed by atoms with Gasteiger partial charge >= 0.3 is 0 Å². The van der Waals surface area contributed by atoms with E-state index in [2.05, 4.69) is 18.5 Å². The van der Waals surface area contributed by atoms with Crippen molar-refractivity contribution in [3.8, 4) is 0 Å². The monoisotopic (exact) mass is 385 g/mol. The highest BCUT2D eigenvalue weighted by molar-refractivity contribution is 6.07. The minimum Gasteiger partial charge on any atom is -0.376 e. The van der Waals surface area contributed by atoms with Gasteiger partial charge in [-0.15, -0.1) is 13.2 Å². The van der Waals surface area contributed by atoms with E-state index in [1.807, 2.05) is 29.0 Å². The lowest BCUT2D eigenvalue weighted by atomic mass is 10.1. The van der Waals surface area contributed by atoms with Crippen LogP contribution in [0.25, 0.3) is 10.9 Å². The normalized spacial score (nSPS) is 11.8. The summed E-state index contributed by atoms with van der Waals surface area (Å²) in [6.07, 6.45) is 5.50. The molecule has 2 rings (SSSR count). The highest BCUT2D eigenvalue weighted by Gasteiger charge is 2.24. The summed E-state index contributed by atoms with van der Waals surface area (Å²) in [6.45, 7) is 8.87. The molecule has 7 nitrogen and oxygen atoms in total. The van der Waals surface area contributed by atoms with Gasteiger partial charge in [0.05, 0.1) is 31.4 Å². The molecule has 1 aromatic heterocycles. The number of rotatable bonds is 11. The number of para-hydroxylation sites is 1. The summed E-state index contributed by atoms with van der Waals surface area (Å²) in [5.74, 6) is -0.682. The summed E-state index contributed by atoms with van der Waals surface area (Å²) in [5, 5.41) is 4.83. The maximum absolute atomic E-state index is 13.0. The topological polar surface area (TPSA) is 72.8 Å². The van der Waals surface area contributed by atoms with Crippen LogP contribution in [0.3, 0.4) is 0 Å². The van der Waals surface area contributed by atoms with E-state index >= 15 is 0 Å². The summed E-state index contributed by atoms with van der Waals surface area (Å²) in [4.78, 5) is 30.3. The smallest absolute Gasteiger partial charge is 0.268 e. The molecule has 0 aliphatic rings. The zero-order valence-corrected chi connectivity index (χ0v) is 16.4. The number of likely N-dealkylation sites (N-methyl/N-ethyl adjacent to an activating group) is 1. The average molecular weight is 385 g/mol. The molecule has 1 heterocycles. The van der Waals surface area contributed by atoms with Crippen LogP contribution in [0.2, 0.25) is 0 Å². The molecular formula is C21H27N3O4. The highest BCUT2D eigenvalue weighted by atomic mass is 16.7. The number of carbonyl (C=O) groups excluding carboxylic acids is 2. The lowest BCUT2D eigenvalue weighted by Gasteiger charge is -2.22. The van der Waals surface area contributed by atoms with E-state index in [9.17, 15) is 9.59 Å². The molecule has 2 amide bonds. The van der Waals surface area contributed by atoms with Crippen LogP contribution in [0.5, 0.6) is 0 Å². The van der Waals surface area contributed by atoms with Gasteiger partial charge in [0.25, 0.3) is 11.8 Å². The SMILES string of the molecule is C=CCOCCn1ccc2cccc(C(=O)N[C@@H](CC=C)C(=O)N(C)OC)c21. The van der Waals surface area contributed by atoms with Crippen molar-refractivity contribution in [3.05, 3.63) is 61.3 Å². The molecule has 0 aliphatic carbocycles. The van der Waals surface area contributed by atoms with Crippen molar-refractivity contribution in [1.82, 2.24) is 14.9 Å². The largest absolute Gasteiger partial charge is 0.376 e. The van der Waals surface area contributed by atoms with Crippen molar-refractivity contribution in [2.75, 3.05) is 27.4 Å². The first kappa shape index (κ1) is 21.4. The number of aromatic nitrogens is 1. The molecule has 2 aromatic rings. The molecule has 0 fully saturated rings. The molecule has 0 bridgehead atoms. The molecule has 7 heteroatoms. The molecule has 0 saturated heterocycles. The van der Waals surface area contributed by atoms with Crippen LogP contribution in [-0.4, -0.2) is 54.9 Å². The Kier molecular flexibility index (Phi) is 7.98. The number of hydrogen-bond donors (Lipinski definition) is 1. The Morgan fingerprint density at radius 3 is 2.75 bits per heavy atom. The Morgan fingerprint density at radius 2 is 2.07 bits per heavy atom. The van der Waals surface area contributed by atoms with Crippen molar-refractivity contribution < 1.29 is 19.2 Å². The molecule has 28 heavy (non-hydrogen) atoms. The number of fused-ring (bicyclic) bond motifs is 1. The molecule has 1 N–H and O–H groups in total. The lowest BCUT2D eigenvalue weighted by Crippen LogP contribution is -2.46. The Balaban J connectivity index is 2.25. The van der Waals surface area contributed by atoms with E-state index in [1.54, 1.807) is 18.2 Å². The number of carbonyl (C=O) groups is 2. The summed E-state index contributed by atoms with van der Waals surface area (Å²) < 4.78 is 7.43. The fourth-order valence-corrected chi connectivity index (χ4v) is 2.89. The standard InChI is InChI=1S/C21H27N3O4/c1-5-8-18(21(26)23(3)27-4)22-20(25)17-10-7-9-16-11-12-24(19(16)17)13-15-28-14-6-2/h5-7,9-12,18H,1-2,8,13-15H2,3-4H3,(H,22,25)/t18-/m0/s1. The Morgan fingerprint density at radius 1 is 1.29 bits per heavy atom. The van der Waals surface area contributed by atoms with Gasteiger partial charge in [0.2, 0.25) is 0 Å². The minimum atomic E-state index is -0.760. The number of ether oxygens (including phenoxy) is 1. The first-order valence-corrected chi connectivity index (χ1v) is 9.03. The van der Waals surface area contributed by atoms with Gasteiger partial charge in [0, 0.05) is 25.2 Å². The van der Waals surface area contributed by atoms with Crippen molar-refractivity contribution in [2.24, 2.45) is 0 Å². The molecule has 0 aliphatic heterocycles. The summed E-state index contributed by atoms with van der Waals surface area (Å²) in [7, 11) is 2.90. The molecule has 0 spiro atoms. The fraction of sp³-hybridized carbons (Fsp3) is 0.333. The second kappa shape index (κ2) is 10.4. The second-order valence-corrected chi connectivity index (χ2v) is 6.18. The molecule has 1 atom stereocenters. The maximum Gasteiger partial charge on any atom is 0.268 e. The summed E-state index contributed by atoms with van der Waals surface area (Å²) in [6, 6.07) is 6.70. The fourth-order valence-electron chi connectivity index (χ4n) is 2.89. The summed E-state index contributed by atoms with van der Waals surface area (Å²) >= 11 is 0. The molecule has 150 valence electrons. The van der Waals surface area contributed by atoms with Gasteiger partial charge in [-0.05, 0) is 18.6 Å². The van der Waals surface area contributed by atoms with Crippen molar-refractivity contribution >= 4 is 22.7 Å². The minimum absolute atomic E-state index is 0.296. The van der Waals surface area contributed by atoms with E-state index < -0.39 is 6.04 Å². The molecular weight excluding hydrogens is 358 g/mol. The zero-order chi connectivity index (χ0) is 20.5. The summed E-state index contributed by atoms with van der Waals surface area (Å²) in [5.41, 5.74) is 1.29. The third kappa shape index (κ3) is 5.09.